The van der Waals surface area contributed by atoms with Gasteiger partial charge in [-0.3, -0.25) is 9.59 Å². The van der Waals surface area contributed by atoms with Crippen molar-refractivity contribution >= 4 is 35.0 Å². The molecule has 4 nitrogen and oxygen atoms in total. The first-order chi connectivity index (χ1) is 13.0. The van der Waals surface area contributed by atoms with Crippen LogP contribution in [0.2, 0.25) is 10.0 Å². The van der Waals surface area contributed by atoms with Gasteiger partial charge in [0.1, 0.15) is 0 Å². The number of amides is 2. The first-order valence-electron chi connectivity index (χ1n) is 10.1. The van der Waals surface area contributed by atoms with Crippen LogP contribution in [0.3, 0.4) is 0 Å². The number of hydrogen-bond acceptors (Lipinski definition) is 2. The number of hydrogen-bond donors (Lipinski definition) is 1. The normalized spacial score (nSPS) is 19.1. The Balaban J connectivity index is 1.42. The third-order valence-electron chi connectivity index (χ3n) is 5.85. The van der Waals surface area contributed by atoms with Crippen LogP contribution in [0.25, 0.3) is 0 Å². The second kappa shape index (κ2) is 9.79. The highest BCUT2D eigenvalue weighted by molar-refractivity contribution is 6.35. The number of nitrogens with one attached hydrogen (secondary N) is 1. The topological polar surface area (TPSA) is 49.4 Å². The Labute approximate surface area is 171 Å². The van der Waals surface area contributed by atoms with Gasteiger partial charge in [-0.15, -0.1) is 0 Å². The van der Waals surface area contributed by atoms with Crippen molar-refractivity contribution in [3.8, 4) is 0 Å². The van der Waals surface area contributed by atoms with Crippen molar-refractivity contribution in [2.24, 2.45) is 5.92 Å². The predicted octanol–water partition coefficient (Wildman–Crippen LogP) is 5.07. The lowest BCUT2D eigenvalue weighted by Crippen LogP contribution is -2.46. The fourth-order valence-corrected chi connectivity index (χ4v) is 4.54. The molecule has 1 saturated heterocycles. The lowest BCUT2D eigenvalue weighted by molar-refractivity contribution is -0.132. The highest BCUT2D eigenvalue weighted by atomic mass is 35.5. The lowest BCUT2D eigenvalue weighted by atomic mass is 9.86. The van der Waals surface area contributed by atoms with Gasteiger partial charge < -0.3 is 10.2 Å². The molecule has 148 valence electrons. The minimum Gasteiger partial charge on any atom is -0.349 e. The van der Waals surface area contributed by atoms with Crippen molar-refractivity contribution < 1.29 is 9.59 Å². The molecule has 1 aliphatic carbocycles. The average molecular weight is 411 g/mol. The van der Waals surface area contributed by atoms with Crippen molar-refractivity contribution in [1.29, 1.82) is 0 Å². The zero-order valence-electron chi connectivity index (χ0n) is 15.7. The monoisotopic (exact) mass is 410 g/mol. The van der Waals surface area contributed by atoms with E-state index in [-0.39, 0.29) is 17.9 Å². The Morgan fingerprint density at radius 2 is 1.74 bits per heavy atom. The molecule has 1 aromatic carbocycles. The molecular formula is C21H28Cl2N2O2. The summed E-state index contributed by atoms with van der Waals surface area (Å²) in [6.45, 7) is 1.41. The van der Waals surface area contributed by atoms with Crippen LogP contribution in [0.1, 0.15) is 68.1 Å². The summed E-state index contributed by atoms with van der Waals surface area (Å²) >= 11 is 12.1. The Kier molecular flexibility index (Phi) is 7.42. The largest absolute Gasteiger partial charge is 0.349 e. The molecule has 3 rings (SSSR count). The molecule has 1 aliphatic heterocycles. The molecule has 0 bridgehead atoms. The predicted molar refractivity (Wildman–Crippen MR) is 109 cm³/mol. The molecule has 2 fully saturated rings. The third kappa shape index (κ3) is 5.86. The standard InChI is InChI=1S/C21H28Cl2N2O2/c22-16-7-8-19(23)18(14-16)21(27)24-17-10-12-25(13-11-17)20(26)9-6-15-4-2-1-3-5-15/h7-8,14-15,17H,1-6,9-13H2,(H,24,27). The first kappa shape index (κ1) is 20.5. The highest BCUT2D eigenvalue weighted by Crippen LogP contribution is 2.28. The maximum atomic E-state index is 12.5. The van der Waals surface area contributed by atoms with E-state index >= 15 is 0 Å². The van der Waals surface area contributed by atoms with E-state index in [4.69, 9.17) is 23.2 Å². The minimum absolute atomic E-state index is 0.0648. The zero-order valence-corrected chi connectivity index (χ0v) is 17.2. The summed E-state index contributed by atoms with van der Waals surface area (Å²) < 4.78 is 0. The molecule has 2 amide bonds. The second-order valence-corrected chi connectivity index (χ2v) is 8.64. The minimum atomic E-state index is -0.204. The number of halogens is 2. The number of likely N-dealkylation sites (tertiary alicyclic amines) is 1. The van der Waals surface area contributed by atoms with Gasteiger partial charge in [0.2, 0.25) is 5.91 Å². The van der Waals surface area contributed by atoms with E-state index in [1.165, 1.54) is 32.1 Å². The van der Waals surface area contributed by atoms with E-state index in [0.717, 1.165) is 25.2 Å². The lowest BCUT2D eigenvalue weighted by Gasteiger charge is -2.33. The molecular weight excluding hydrogens is 383 g/mol. The Morgan fingerprint density at radius 3 is 2.44 bits per heavy atom. The second-order valence-electron chi connectivity index (χ2n) is 7.80. The number of nitrogens with zero attached hydrogens (tertiary/aromatic N) is 1. The molecule has 27 heavy (non-hydrogen) atoms. The van der Waals surface area contributed by atoms with E-state index in [9.17, 15) is 9.59 Å². The van der Waals surface area contributed by atoms with E-state index in [0.29, 0.717) is 35.1 Å². The van der Waals surface area contributed by atoms with Gasteiger partial charge in [0.15, 0.2) is 0 Å². The quantitative estimate of drug-likeness (QED) is 0.735. The number of benzene rings is 1. The summed E-state index contributed by atoms with van der Waals surface area (Å²) in [7, 11) is 0. The molecule has 1 heterocycles. The summed E-state index contributed by atoms with van der Waals surface area (Å²) in [4.78, 5) is 26.9. The molecule has 2 aliphatic rings. The van der Waals surface area contributed by atoms with Crippen LogP contribution in [-0.4, -0.2) is 35.8 Å². The molecule has 6 heteroatoms. The van der Waals surface area contributed by atoms with Crippen LogP contribution in [0, 0.1) is 5.92 Å². The zero-order chi connectivity index (χ0) is 19.2. The fourth-order valence-electron chi connectivity index (χ4n) is 4.17. The van der Waals surface area contributed by atoms with Crippen LogP contribution >= 0.6 is 23.2 Å². The highest BCUT2D eigenvalue weighted by Gasteiger charge is 2.25. The summed E-state index contributed by atoms with van der Waals surface area (Å²) in [5.41, 5.74) is 0.398. The Hall–Kier alpha value is -1.26. The van der Waals surface area contributed by atoms with Gasteiger partial charge >= 0.3 is 0 Å². The van der Waals surface area contributed by atoms with Crippen LogP contribution in [-0.2, 0) is 4.79 Å². The van der Waals surface area contributed by atoms with Crippen LogP contribution in [0.15, 0.2) is 18.2 Å². The summed E-state index contributed by atoms with van der Waals surface area (Å²) in [6.07, 6.45) is 9.81. The maximum absolute atomic E-state index is 12.5. The van der Waals surface area contributed by atoms with E-state index in [1.54, 1.807) is 18.2 Å². The van der Waals surface area contributed by atoms with Gasteiger partial charge in [-0.05, 0) is 43.4 Å². The molecule has 0 unspecified atom stereocenters. The first-order valence-corrected chi connectivity index (χ1v) is 10.8. The molecule has 1 saturated carbocycles. The molecule has 0 atom stereocenters. The van der Waals surface area contributed by atoms with Crippen LogP contribution in [0.5, 0.6) is 0 Å². The Morgan fingerprint density at radius 1 is 1.04 bits per heavy atom. The van der Waals surface area contributed by atoms with E-state index in [1.807, 2.05) is 4.90 Å². The molecule has 1 aromatic rings. The van der Waals surface area contributed by atoms with Crippen molar-refractivity contribution in [2.45, 2.75) is 63.8 Å². The van der Waals surface area contributed by atoms with E-state index in [2.05, 4.69) is 5.32 Å². The Bertz CT molecular complexity index is 666. The number of carbonyl (C=O) groups excluding carboxylic acids is 2. The van der Waals surface area contributed by atoms with Gasteiger partial charge in [-0.25, -0.2) is 0 Å². The molecule has 0 aromatic heterocycles. The van der Waals surface area contributed by atoms with Crippen molar-refractivity contribution in [2.75, 3.05) is 13.1 Å². The van der Waals surface area contributed by atoms with Crippen LogP contribution < -0.4 is 5.32 Å². The average Bonchev–Trinajstić information content (AvgIpc) is 2.69. The van der Waals surface area contributed by atoms with Gasteiger partial charge in [0, 0.05) is 30.6 Å². The molecule has 0 radical (unpaired) electrons. The van der Waals surface area contributed by atoms with Crippen molar-refractivity contribution in [3.63, 3.8) is 0 Å². The van der Waals surface area contributed by atoms with Gasteiger partial charge in [0.25, 0.3) is 5.91 Å². The molecule has 0 spiro atoms. The summed E-state index contributed by atoms with van der Waals surface area (Å²) in [5, 5.41) is 3.91. The SMILES string of the molecule is O=C(NC1CCN(C(=O)CCC2CCCCC2)CC1)c1cc(Cl)ccc1Cl. The van der Waals surface area contributed by atoms with Crippen molar-refractivity contribution in [1.82, 2.24) is 10.2 Å². The van der Waals surface area contributed by atoms with Crippen molar-refractivity contribution in [3.05, 3.63) is 33.8 Å². The third-order valence-corrected chi connectivity index (χ3v) is 6.41. The smallest absolute Gasteiger partial charge is 0.253 e. The van der Waals surface area contributed by atoms with Gasteiger partial charge in [0.05, 0.1) is 10.6 Å². The van der Waals surface area contributed by atoms with E-state index < -0.39 is 0 Å². The summed E-state index contributed by atoms with van der Waals surface area (Å²) in [6, 6.07) is 4.95. The number of carbonyl (C=O) groups is 2. The number of rotatable bonds is 5. The number of piperidine rings is 1. The fraction of sp³-hybridized carbons (Fsp3) is 0.619. The summed E-state index contributed by atoms with van der Waals surface area (Å²) in [5.74, 6) is 0.801. The van der Waals surface area contributed by atoms with Crippen LogP contribution in [0.4, 0.5) is 0 Å². The van der Waals surface area contributed by atoms with Gasteiger partial charge in [-0.2, -0.15) is 0 Å². The maximum Gasteiger partial charge on any atom is 0.253 e. The molecule has 1 N–H and O–H groups in total. The van der Waals surface area contributed by atoms with Gasteiger partial charge in [-0.1, -0.05) is 55.3 Å².